The van der Waals surface area contributed by atoms with Crippen LogP contribution in [0.15, 0.2) is 29.4 Å². The minimum Gasteiger partial charge on any atom is -0.345 e. The average Bonchev–Trinajstić information content (AvgIpc) is 2.84. The second-order valence-electron chi connectivity index (χ2n) is 4.70. The topological polar surface area (TPSA) is 86.9 Å². The number of pyridine rings is 1. The second-order valence-corrected chi connectivity index (χ2v) is 6.38. The van der Waals surface area contributed by atoms with Crippen LogP contribution in [0.5, 0.6) is 0 Å². The third-order valence-corrected chi connectivity index (χ3v) is 4.92. The van der Waals surface area contributed by atoms with E-state index in [2.05, 4.69) is 20.0 Å². The van der Waals surface area contributed by atoms with Crippen molar-refractivity contribution >= 4 is 33.5 Å². The maximum Gasteiger partial charge on any atom is 0.243 e. The van der Waals surface area contributed by atoms with Crippen LogP contribution in [-0.4, -0.2) is 37.5 Å². The van der Waals surface area contributed by atoms with Gasteiger partial charge in [-0.25, -0.2) is 18.1 Å². The van der Waals surface area contributed by atoms with Gasteiger partial charge >= 0.3 is 0 Å². The van der Waals surface area contributed by atoms with Gasteiger partial charge in [0.1, 0.15) is 10.5 Å². The van der Waals surface area contributed by atoms with Crippen molar-refractivity contribution in [3.8, 4) is 0 Å². The van der Waals surface area contributed by atoms with Crippen LogP contribution < -0.4 is 10.0 Å². The van der Waals surface area contributed by atoms with Crippen LogP contribution in [0.2, 0.25) is 0 Å². The number of rotatable bonds is 3. The van der Waals surface area contributed by atoms with Gasteiger partial charge in [0.25, 0.3) is 0 Å². The Labute approximate surface area is 123 Å². The van der Waals surface area contributed by atoms with Crippen LogP contribution >= 0.6 is 12.4 Å². The average molecular weight is 317 g/mol. The molecule has 0 radical (unpaired) electrons. The van der Waals surface area contributed by atoms with Gasteiger partial charge in [-0.15, -0.1) is 12.4 Å². The number of halogens is 1. The number of aromatic amines is 1. The van der Waals surface area contributed by atoms with E-state index in [1.54, 1.807) is 18.3 Å². The van der Waals surface area contributed by atoms with Crippen molar-refractivity contribution in [2.45, 2.75) is 23.8 Å². The lowest BCUT2D eigenvalue weighted by atomic mass is 10.1. The molecule has 2 aromatic heterocycles. The van der Waals surface area contributed by atoms with Crippen LogP contribution in [0.4, 0.5) is 0 Å². The van der Waals surface area contributed by atoms with Gasteiger partial charge in [-0.1, -0.05) is 0 Å². The van der Waals surface area contributed by atoms with Crippen molar-refractivity contribution in [3.63, 3.8) is 0 Å². The summed E-state index contributed by atoms with van der Waals surface area (Å²) in [6.07, 6.45) is 4.77. The molecule has 3 heterocycles. The van der Waals surface area contributed by atoms with E-state index in [0.29, 0.717) is 11.0 Å². The predicted molar refractivity (Wildman–Crippen MR) is 79.6 cm³/mol. The van der Waals surface area contributed by atoms with Gasteiger partial charge < -0.3 is 10.3 Å². The third kappa shape index (κ3) is 2.95. The van der Waals surface area contributed by atoms with E-state index < -0.39 is 10.0 Å². The fourth-order valence-corrected chi connectivity index (χ4v) is 3.85. The number of fused-ring (bicyclic) bond motifs is 1. The van der Waals surface area contributed by atoms with Gasteiger partial charge in [-0.05, 0) is 38.1 Å². The van der Waals surface area contributed by atoms with Crippen LogP contribution in [0.1, 0.15) is 12.8 Å². The highest BCUT2D eigenvalue weighted by Crippen LogP contribution is 2.21. The number of H-pyrrole nitrogens is 1. The van der Waals surface area contributed by atoms with Crippen molar-refractivity contribution in [1.29, 1.82) is 0 Å². The number of aromatic nitrogens is 2. The zero-order chi connectivity index (χ0) is 13.3. The third-order valence-electron chi connectivity index (χ3n) is 3.36. The van der Waals surface area contributed by atoms with E-state index >= 15 is 0 Å². The van der Waals surface area contributed by atoms with Crippen molar-refractivity contribution < 1.29 is 8.42 Å². The summed E-state index contributed by atoms with van der Waals surface area (Å²) < 4.78 is 27.6. The van der Waals surface area contributed by atoms with E-state index in [1.807, 2.05) is 0 Å². The highest BCUT2D eigenvalue weighted by atomic mass is 35.5. The Hall–Kier alpha value is -1.15. The van der Waals surface area contributed by atoms with Crippen molar-refractivity contribution in [2.75, 3.05) is 13.1 Å². The molecule has 110 valence electrons. The molecule has 0 amide bonds. The first kappa shape index (κ1) is 15.2. The Bertz CT molecular complexity index is 680. The summed E-state index contributed by atoms with van der Waals surface area (Å²) in [5, 5.41) is 3.84. The van der Waals surface area contributed by atoms with Crippen LogP contribution in [-0.2, 0) is 10.0 Å². The highest BCUT2D eigenvalue weighted by molar-refractivity contribution is 7.89. The molecule has 8 heteroatoms. The fourth-order valence-electron chi connectivity index (χ4n) is 2.38. The second kappa shape index (κ2) is 6.09. The highest BCUT2D eigenvalue weighted by Gasteiger charge is 2.24. The first-order chi connectivity index (χ1) is 9.17. The normalized spacial score (nSPS) is 17.0. The summed E-state index contributed by atoms with van der Waals surface area (Å²) in [6.45, 7) is 1.70. The Morgan fingerprint density at radius 1 is 1.30 bits per heavy atom. The summed E-state index contributed by atoms with van der Waals surface area (Å²) in [4.78, 5) is 7.27. The lowest BCUT2D eigenvalue weighted by Crippen LogP contribution is -2.42. The lowest BCUT2D eigenvalue weighted by molar-refractivity contribution is 0.427. The van der Waals surface area contributed by atoms with Gasteiger partial charge in [0.2, 0.25) is 10.0 Å². The van der Waals surface area contributed by atoms with Gasteiger partial charge in [-0.2, -0.15) is 0 Å². The molecule has 1 aliphatic rings. The minimum atomic E-state index is -3.49. The molecule has 3 rings (SSSR count). The molecule has 1 aliphatic heterocycles. The van der Waals surface area contributed by atoms with E-state index in [1.165, 1.54) is 6.20 Å². The number of sulfonamides is 1. The summed E-state index contributed by atoms with van der Waals surface area (Å²) in [5.41, 5.74) is 0.591. The zero-order valence-corrected chi connectivity index (χ0v) is 12.4. The van der Waals surface area contributed by atoms with Gasteiger partial charge in [0.05, 0.1) is 0 Å². The maximum atomic E-state index is 12.4. The largest absolute Gasteiger partial charge is 0.345 e. The molecule has 1 saturated heterocycles. The zero-order valence-electron chi connectivity index (χ0n) is 10.8. The summed E-state index contributed by atoms with van der Waals surface area (Å²) in [7, 11) is -3.49. The molecule has 1 fully saturated rings. The molecule has 2 aromatic rings. The number of hydrogen-bond donors (Lipinski definition) is 3. The Balaban J connectivity index is 0.00000147. The predicted octanol–water partition coefficient (Wildman–Crippen LogP) is 1.01. The Morgan fingerprint density at radius 3 is 2.80 bits per heavy atom. The van der Waals surface area contributed by atoms with E-state index in [-0.39, 0.29) is 23.3 Å². The van der Waals surface area contributed by atoms with Gasteiger partial charge in [0.15, 0.2) is 0 Å². The lowest BCUT2D eigenvalue weighted by Gasteiger charge is -2.23. The first-order valence-corrected chi connectivity index (χ1v) is 7.80. The summed E-state index contributed by atoms with van der Waals surface area (Å²) in [5.74, 6) is 0. The molecule has 20 heavy (non-hydrogen) atoms. The quantitative estimate of drug-likeness (QED) is 0.789. The van der Waals surface area contributed by atoms with Crippen LogP contribution in [0, 0.1) is 0 Å². The molecule has 0 spiro atoms. The molecular weight excluding hydrogens is 300 g/mol. The molecule has 0 bridgehead atoms. The summed E-state index contributed by atoms with van der Waals surface area (Å²) >= 11 is 0. The first-order valence-electron chi connectivity index (χ1n) is 6.32. The smallest absolute Gasteiger partial charge is 0.243 e. The Morgan fingerprint density at radius 2 is 2.05 bits per heavy atom. The minimum absolute atomic E-state index is 0. The van der Waals surface area contributed by atoms with Gasteiger partial charge in [0, 0.05) is 23.8 Å². The number of hydrogen-bond acceptors (Lipinski definition) is 4. The number of piperidine rings is 1. The van der Waals surface area contributed by atoms with Crippen molar-refractivity contribution in [1.82, 2.24) is 20.0 Å². The standard InChI is InChI=1S/C12H16N4O2S.ClH/c17-19(18,16-9-3-6-13-7-4-9)11-8-15-12-10(11)2-1-5-14-12;/h1-2,5,8-9,13,16H,3-4,6-7H2,(H,14,15);1H. The summed E-state index contributed by atoms with van der Waals surface area (Å²) in [6, 6.07) is 3.50. The maximum absolute atomic E-state index is 12.4. The number of nitrogens with zero attached hydrogens (tertiary/aromatic N) is 1. The van der Waals surface area contributed by atoms with E-state index in [4.69, 9.17) is 0 Å². The Kier molecular flexibility index (Phi) is 4.64. The molecule has 6 nitrogen and oxygen atoms in total. The van der Waals surface area contributed by atoms with Crippen molar-refractivity contribution in [2.24, 2.45) is 0 Å². The number of nitrogens with one attached hydrogen (secondary N) is 3. The van der Waals surface area contributed by atoms with Crippen molar-refractivity contribution in [3.05, 3.63) is 24.5 Å². The monoisotopic (exact) mass is 316 g/mol. The molecule has 0 aromatic carbocycles. The van der Waals surface area contributed by atoms with Crippen LogP contribution in [0.25, 0.3) is 11.0 Å². The molecule has 3 N–H and O–H groups in total. The SMILES string of the molecule is Cl.O=S(=O)(NC1CCNCC1)c1c[nH]c2ncccc12. The molecule has 0 unspecified atom stereocenters. The molecule has 0 atom stereocenters. The van der Waals surface area contributed by atoms with Gasteiger partial charge in [-0.3, -0.25) is 0 Å². The van der Waals surface area contributed by atoms with E-state index in [9.17, 15) is 8.42 Å². The van der Waals surface area contributed by atoms with Crippen LogP contribution in [0.3, 0.4) is 0 Å². The molecule has 0 saturated carbocycles. The fraction of sp³-hybridized carbons (Fsp3) is 0.417. The molecule has 0 aliphatic carbocycles. The van der Waals surface area contributed by atoms with E-state index in [0.717, 1.165) is 25.9 Å². The molecular formula is C12H17ClN4O2S.